The second-order valence-electron chi connectivity index (χ2n) is 8.76. The lowest BCUT2D eigenvalue weighted by atomic mass is 9.74. The Balaban J connectivity index is 0.00000544. The summed E-state index contributed by atoms with van der Waals surface area (Å²) in [5.74, 6) is 1.84. The minimum Gasteiger partial charge on any atom is -0.494 e. The van der Waals surface area contributed by atoms with Crippen molar-refractivity contribution in [1.82, 2.24) is 15.5 Å². The van der Waals surface area contributed by atoms with Gasteiger partial charge in [0.1, 0.15) is 5.75 Å². The number of halogens is 1. The van der Waals surface area contributed by atoms with E-state index in [1.54, 1.807) is 0 Å². The highest BCUT2D eigenvalue weighted by molar-refractivity contribution is 14.0. The molecule has 1 fully saturated rings. The van der Waals surface area contributed by atoms with E-state index in [0.717, 1.165) is 76.9 Å². The third-order valence-electron chi connectivity index (χ3n) is 6.50. The van der Waals surface area contributed by atoms with Crippen molar-refractivity contribution in [1.29, 1.82) is 0 Å². The molecule has 6 nitrogen and oxygen atoms in total. The van der Waals surface area contributed by atoms with Crippen LogP contribution in [0.25, 0.3) is 0 Å². The van der Waals surface area contributed by atoms with E-state index in [-0.39, 0.29) is 29.4 Å². The molecule has 1 aromatic rings. The van der Waals surface area contributed by atoms with Gasteiger partial charge in [-0.05, 0) is 83.8 Å². The number of guanidine groups is 1. The SMILES string of the molecule is CCNC(=NCC1(c2ccc(OCC)cc2)CCOCC1)NC(C)CCCN(CC)CC.I. The summed E-state index contributed by atoms with van der Waals surface area (Å²) in [6, 6.07) is 8.98. The van der Waals surface area contributed by atoms with E-state index in [2.05, 4.69) is 67.5 Å². The number of hydrogen-bond acceptors (Lipinski definition) is 4. The molecule has 0 aromatic heterocycles. The van der Waals surface area contributed by atoms with Gasteiger partial charge in [0, 0.05) is 31.2 Å². The highest BCUT2D eigenvalue weighted by Gasteiger charge is 2.34. The van der Waals surface area contributed by atoms with Crippen LogP contribution in [0.3, 0.4) is 0 Å². The Morgan fingerprint density at radius 1 is 1.12 bits per heavy atom. The summed E-state index contributed by atoms with van der Waals surface area (Å²) in [4.78, 5) is 7.54. The summed E-state index contributed by atoms with van der Waals surface area (Å²) >= 11 is 0. The summed E-state index contributed by atoms with van der Waals surface area (Å²) < 4.78 is 11.3. The molecule has 33 heavy (non-hydrogen) atoms. The van der Waals surface area contributed by atoms with Crippen molar-refractivity contribution >= 4 is 29.9 Å². The van der Waals surface area contributed by atoms with Crippen LogP contribution in [0.15, 0.2) is 29.3 Å². The standard InChI is InChI=1S/C26H46N4O2.HI/c1-6-27-25(29-22(5)11-10-18-30(7-2)8-3)28-21-26(16-19-31-20-17-26)23-12-14-24(15-13-23)32-9-4;/h12-15,22H,6-11,16-21H2,1-5H3,(H2,27,28,29);1H. The van der Waals surface area contributed by atoms with Crippen LogP contribution in [-0.2, 0) is 10.2 Å². The molecule has 0 spiro atoms. The van der Waals surface area contributed by atoms with E-state index in [9.17, 15) is 0 Å². The molecule has 0 amide bonds. The molecule has 190 valence electrons. The lowest BCUT2D eigenvalue weighted by Gasteiger charge is -2.37. The monoisotopic (exact) mass is 574 g/mol. The molecule has 1 unspecified atom stereocenters. The van der Waals surface area contributed by atoms with Gasteiger partial charge in [-0.15, -0.1) is 24.0 Å². The molecule has 1 aliphatic rings. The lowest BCUT2D eigenvalue weighted by Crippen LogP contribution is -2.44. The Bertz CT molecular complexity index is 659. The maximum absolute atomic E-state index is 5.70. The number of aliphatic imine (C=N–C) groups is 1. The molecule has 1 aliphatic heterocycles. The van der Waals surface area contributed by atoms with Gasteiger partial charge in [0.05, 0.1) is 13.2 Å². The number of rotatable bonds is 13. The van der Waals surface area contributed by atoms with Crippen LogP contribution in [0.5, 0.6) is 5.75 Å². The Morgan fingerprint density at radius 2 is 1.79 bits per heavy atom. The summed E-state index contributed by atoms with van der Waals surface area (Å²) in [6.45, 7) is 18.1. The fourth-order valence-corrected chi connectivity index (χ4v) is 4.39. The zero-order valence-corrected chi connectivity index (χ0v) is 23.8. The van der Waals surface area contributed by atoms with Gasteiger partial charge in [0.15, 0.2) is 5.96 Å². The molecule has 1 atom stereocenters. The van der Waals surface area contributed by atoms with E-state index >= 15 is 0 Å². The first kappa shape index (κ1) is 30.0. The largest absolute Gasteiger partial charge is 0.494 e. The van der Waals surface area contributed by atoms with Crippen molar-refractivity contribution in [3.05, 3.63) is 29.8 Å². The zero-order valence-electron chi connectivity index (χ0n) is 21.5. The van der Waals surface area contributed by atoms with Crippen molar-refractivity contribution < 1.29 is 9.47 Å². The van der Waals surface area contributed by atoms with Gasteiger partial charge in [-0.2, -0.15) is 0 Å². The highest BCUT2D eigenvalue weighted by atomic mass is 127. The Hall–Kier alpha value is -1.06. The van der Waals surface area contributed by atoms with Crippen molar-refractivity contribution in [2.45, 2.75) is 71.8 Å². The Kier molecular flexibility index (Phi) is 15.0. The number of nitrogens with zero attached hydrogens (tertiary/aromatic N) is 2. The van der Waals surface area contributed by atoms with Crippen LogP contribution < -0.4 is 15.4 Å². The zero-order chi connectivity index (χ0) is 23.2. The summed E-state index contributed by atoms with van der Waals surface area (Å²) in [7, 11) is 0. The Labute approximate surface area is 219 Å². The predicted octanol–water partition coefficient (Wildman–Crippen LogP) is 4.82. The molecule has 0 saturated carbocycles. The second-order valence-corrected chi connectivity index (χ2v) is 8.76. The quantitative estimate of drug-likeness (QED) is 0.201. The van der Waals surface area contributed by atoms with Gasteiger partial charge in [0.25, 0.3) is 0 Å². The third kappa shape index (κ3) is 9.99. The fourth-order valence-electron chi connectivity index (χ4n) is 4.39. The summed E-state index contributed by atoms with van der Waals surface area (Å²) in [5.41, 5.74) is 1.34. The van der Waals surface area contributed by atoms with Crippen LogP contribution >= 0.6 is 24.0 Å². The number of nitrogens with one attached hydrogen (secondary N) is 2. The molecule has 1 saturated heterocycles. The van der Waals surface area contributed by atoms with Gasteiger partial charge in [-0.25, -0.2) is 0 Å². The second kappa shape index (κ2) is 16.5. The fraction of sp³-hybridized carbons (Fsp3) is 0.731. The topological polar surface area (TPSA) is 58.1 Å². The van der Waals surface area contributed by atoms with E-state index in [1.807, 2.05) is 6.92 Å². The van der Waals surface area contributed by atoms with Crippen LogP contribution in [0.4, 0.5) is 0 Å². The van der Waals surface area contributed by atoms with E-state index < -0.39 is 0 Å². The molecule has 0 radical (unpaired) electrons. The highest BCUT2D eigenvalue weighted by Crippen LogP contribution is 2.36. The van der Waals surface area contributed by atoms with Crippen molar-refractivity contribution in [3.8, 4) is 5.75 Å². The number of hydrogen-bond donors (Lipinski definition) is 2. The molecule has 1 heterocycles. The van der Waals surface area contributed by atoms with Crippen LogP contribution in [-0.4, -0.2) is 69.4 Å². The van der Waals surface area contributed by atoms with E-state index in [4.69, 9.17) is 14.5 Å². The number of ether oxygens (including phenoxy) is 2. The molecule has 2 N–H and O–H groups in total. The van der Waals surface area contributed by atoms with Crippen molar-refractivity contribution in [2.75, 3.05) is 52.5 Å². The average molecular weight is 575 g/mol. The van der Waals surface area contributed by atoms with Gasteiger partial charge < -0.3 is 25.0 Å². The number of benzene rings is 1. The van der Waals surface area contributed by atoms with Gasteiger partial charge >= 0.3 is 0 Å². The molecule has 2 rings (SSSR count). The minimum absolute atomic E-state index is 0. The molecule has 0 bridgehead atoms. The molecule has 1 aromatic carbocycles. The van der Waals surface area contributed by atoms with E-state index in [0.29, 0.717) is 12.6 Å². The summed E-state index contributed by atoms with van der Waals surface area (Å²) in [5, 5.41) is 7.08. The maximum atomic E-state index is 5.70. The van der Waals surface area contributed by atoms with Gasteiger partial charge in [0.2, 0.25) is 0 Å². The van der Waals surface area contributed by atoms with Crippen LogP contribution in [0.2, 0.25) is 0 Å². The Morgan fingerprint density at radius 3 is 2.36 bits per heavy atom. The maximum Gasteiger partial charge on any atom is 0.191 e. The average Bonchev–Trinajstić information content (AvgIpc) is 2.82. The predicted molar refractivity (Wildman–Crippen MR) is 150 cm³/mol. The summed E-state index contributed by atoms with van der Waals surface area (Å²) in [6.07, 6.45) is 4.31. The van der Waals surface area contributed by atoms with E-state index in [1.165, 1.54) is 12.0 Å². The van der Waals surface area contributed by atoms with Gasteiger partial charge in [-0.1, -0.05) is 26.0 Å². The molecule has 0 aliphatic carbocycles. The first-order chi connectivity index (χ1) is 15.6. The van der Waals surface area contributed by atoms with Crippen LogP contribution in [0, 0.1) is 0 Å². The normalized spacial score (nSPS) is 16.7. The van der Waals surface area contributed by atoms with Gasteiger partial charge in [-0.3, -0.25) is 4.99 Å². The first-order valence-corrected chi connectivity index (χ1v) is 12.6. The molecular weight excluding hydrogens is 527 g/mol. The smallest absolute Gasteiger partial charge is 0.191 e. The van der Waals surface area contributed by atoms with Crippen LogP contribution in [0.1, 0.15) is 65.9 Å². The minimum atomic E-state index is 0. The van der Waals surface area contributed by atoms with Crippen molar-refractivity contribution in [3.63, 3.8) is 0 Å². The lowest BCUT2D eigenvalue weighted by molar-refractivity contribution is 0.0531. The third-order valence-corrected chi connectivity index (χ3v) is 6.50. The molecule has 7 heteroatoms. The van der Waals surface area contributed by atoms with Crippen molar-refractivity contribution in [2.24, 2.45) is 4.99 Å². The first-order valence-electron chi connectivity index (χ1n) is 12.6. The molecular formula is C26H47IN4O2.